The number of carbonyl (C=O) groups is 3. The first-order valence-corrected chi connectivity index (χ1v) is 10.5. The van der Waals surface area contributed by atoms with Gasteiger partial charge in [-0.15, -0.1) is 0 Å². The maximum Gasteiger partial charge on any atom is 0.310 e. The number of aryl methyl sites for hydroxylation is 2. The summed E-state index contributed by atoms with van der Waals surface area (Å²) in [6.45, 7) is -0.590. The van der Waals surface area contributed by atoms with Crippen LogP contribution in [0.2, 0.25) is 0 Å². The first-order chi connectivity index (χ1) is 15.6. The predicted molar refractivity (Wildman–Crippen MR) is 112 cm³/mol. The average molecular weight is 435 g/mol. The van der Waals surface area contributed by atoms with Crippen molar-refractivity contribution in [2.45, 2.75) is 31.8 Å². The van der Waals surface area contributed by atoms with E-state index in [0.29, 0.717) is 17.1 Å². The van der Waals surface area contributed by atoms with Gasteiger partial charge in [0.1, 0.15) is 12.2 Å². The molecule has 0 bridgehead atoms. The van der Waals surface area contributed by atoms with Crippen molar-refractivity contribution in [3.63, 3.8) is 0 Å². The number of imide groups is 1. The summed E-state index contributed by atoms with van der Waals surface area (Å²) in [5.74, 6) is -1.01. The minimum atomic E-state index is -0.969. The molecule has 2 amide bonds. The summed E-state index contributed by atoms with van der Waals surface area (Å²) in [7, 11) is 0. The third-order valence-corrected chi connectivity index (χ3v) is 5.63. The maximum atomic E-state index is 12.3. The molecular weight excluding hydrogens is 414 g/mol. The molecule has 2 heterocycles. The van der Waals surface area contributed by atoms with Crippen molar-refractivity contribution >= 4 is 28.8 Å². The van der Waals surface area contributed by atoms with Crippen LogP contribution in [0, 0.1) is 0 Å². The highest BCUT2D eigenvalue weighted by Gasteiger charge is 2.28. The number of nitrogens with one attached hydrogen (secondary N) is 1. The lowest BCUT2D eigenvalue weighted by molar-refractivity contribution is -0.150. The summed E-state index contributed by atoms with van der Waals surface area (Å²) >= 11 is 0. The first kappa shape index (κ1) is 20.1. The van der Waals surface area contributed by atoms with Gasteiger partial charge in [-0.25, -0.2) is 0 Å². The van der Waals surface area contributed by atoms with Crippen molar-refractivity contribution in [3.8, 4) is 11.5 Å². The Bertz CT molecular complexity index is 1210. The molecule has 0 fully saturated rings. The van der Waals surface area contributed by atoms with E-state index in [1.165, 1.54) is 11.1 Å². The number of hydrogen-bond acceptors (Lipinski definition) is 7. The largest absolute Gasteiger partial charge is 0.485 e. The van der Waals surface area contributed by atoms with Crippen molar-refractivity contribution in [1.29, 1.82) is 0 Å². The van der Waals surface area contributed by atoms with Crippen LogP contribution in [0.15, 0.2) is 47.1 Å². The standard InChI is InChI=1S/C24H21NO7/c26-22(25-24(28)21-12-30-18-6-1-2-7-19(18)32-21)13-31-23(27)10-16-11-29-20-9-15-5-3-4-14(15)8-17(16)20/h1-2,6-9,11,21H,3-5,10,12-13H2,(H,25,26,28)/t21-/m0/s1. The van der Waals surface area contributed by atoms with Crippen LogP contribution in [-0.4, -0.2) is 37.1 Å². The van der Waals surface area contributed by atoms with Gasteiger partial charge in [0.05, 0.1) is 12.7 Å². The van der Waals surface area contributed by atoms with Crippen LogP contribution >= 0.6 is 0 Å². The molecule has 2 aromatic carbocycles. The molecule has 1 atom stereocenters. The van der Waals surface area contributed by atoms with E-state index in [1.54, 1.807) is 30.5 Å². The molecule has 164 valence electrons. The van der Waals surface area contributed by atoms with Crippen molar-refractivity contribution in [2.24, 2.45) is 0 Å². The maximum absolute atomic E-state index is 12.3. The average Bonchev–Trinajstić information content (AvgIpc) is 3.42. The van der Waals surface area contributed by atoms with E-state index in [0.717, 1.165) is 30.2 Å². The number of amides is 2. The van der Waals surface area contributed by atoms with E-state index in [1.807, 2.05) is 6.07 Å². The molecule has 1 aromatic heterocycles. The minimum Gasteiger partial charge on any atom is -0.485 e. The molecule has 1 aliphatic heterocycles. The highest BCUT2D eigenvalue weighted by atomic mass is 16.6. The molecular formula is C24H21NO7. The van der Waals surface area contributed by atoms with Gasteiger partial charge >= 0.3 is 5.97 Å². The number of benzene rings is 2. The monoisotopic (exact) mass is 435 g/mol. The molecule has 0 saturated carbocycles. The zero-order valence-electron chi connectivity index (χ0n) is 17.2. The molecule has 1 N–H and O–H groups in total. The van der Waals surface area contributed by atoms with E-state index < -0.39 is 30.5 Å². The number of para-hydroxylation sites is 2. The van der Waals surface area contributed by atoms with Gasteiger partial charge in [-0.3, -0.25) is 19.7 Å². The molecule has 0 unspecified atom stereocenters. The summed E-state index contributed by atoms with van der Waals surface area (Å²) in [4.78, 5) is 36.6. The van der Waals surface area contributed by atoms with Gasteiger partial charge < -0.3 is 18.6 Å². The smallest absolute Gasteiger partial charge is 0.310 e. The number of hydrogen-bond donors (Lipinski definition) is 1. The van der Waals surface area contributed by atoms with Crippen LogP contribution in [0.4, 0.5) is 0 Å². The normalized spacial score (nSPS) is 16.4. The van der Waals surface area contributed by atoms with Crippen LogP contribution in [-0.2, 0) is 38.4 Å². The minimum absolute atomic E-state index is 0.0207. The van der Waals surface area contributed by atoms with Crippen LogP contribution in [0.5, 0.6) is 11.5 Å². The molecule has 32 heavy (non-hydrogen) atoms. The Balaban J connectivity index is 1.13. The highest BCUT2D eigenvalue weighted by molar-refractivity contribution is 5.98. The Morgan fingerprint density at radius 3 is 2.69 bits per heavy atom. The van der Waals surface area contributed by atoms with Gasteiger partial charge in [0.25, 0.3) is 11.8 Å². The third-order valence-electron chi connectivity index (χ3n) is 5.63. The number of fused-ring (bicyclic) bond motifs is 3. The Morgan fingerprint density at radius 1 is 1.06 bits per heavy atom. The van der Waals surface area contributed by atoms with E-state index >= 15 is 0 Å². The fourth-order valence-electron chi connectivity index (χ4n) is 4.04. The Kier molecular flexibility index (Phi) is 5.26. The zero-order valence-corrected chi connectivity index (χ0v) is 17.2. The topological polar surface area (TPSA) is 104 Å². The quantitative estimate of drug-likeness (QED) is 0.614. The summed E-state index contributed by atoms with van der Waals surface area (Å²) in [5, 5.41) is 3.06. The summed E-state index contributed by atoms with van der Waals surface area (Å²) in [6, 6.07) is 11.0. The number of ether oxygens (including phenoxy) is 3. The number of carbonyl (C=O) groups excluding carboxylic acids is 3. The number of esters is 1. The highest BCUT2D eigenvalue weighted by Crippen LogP contribution is 2.31. The lowest BCUT2D eigenvalue weighted by Crippen LogP contribution is -2.47. The SMILES string of the molecule is O=C(COC(=O)Cc1coc2cc3c(cc12)CCC3)NC(=O)[C@@H]1COc2ccccc2O1. The van der Waals surface area contributed by atoms with Gasteiger partial charge in [0.15, 0.2) is 18.1 Å². The second-order valence-electron chi connectivity index (χ2n) is 7.85. The Labute approximate surface area is 183 Å². The van der Waals surface area contributed by atoms with Crippen LogP contribution in [0.3, 0.4) is 0 Å². The van der Waals surface area contributed by atoms with Crippen LogP contribution in [0.25, 0.3) is 11.0 Å². The lowest BCUT2D eigenvalue weighted by Gasteiger charge is -2.25. The fraction of sp³-hybridized carbons (Fsp3) is 0.292. The number of rotatable bonds is 5. The summed E-state index contributed by atoms with van der Waals surface area (Å²) in [6.07, 6.45) is 3.74. The van der Waals surface area contributed by atoms with E-state index in [4.69, 9.17) is 18.6 Å². The van der Waals surface area contributed by atoms with Gasteiger partial charge in [-0.2, -0.15) is 0 Å². The fourth-order valence-corrected chi connectivity index (χ4v) is 4.04. The molecule has 8 nitrogen and oxygen atoms in total. The van der Waals surface area contributed by atoms with Gasteiger partial charge in [-0.05, 0) is 54.7 Å². The Hall–Kier alpha value is -3.81. The second kappa shape index (κ2) is 8.37. The molecule has 1 aliphatic carbocycles. The molecule has 8 heteroatoms. The van der Waals surface area contributed by atoms with E-state index in [9.17, 15) is 14.4 Å². The van der Waals surface area contributed by atoms with E-state index in [-0.39, 0.29) is 13.0 Å². The summed E-state index contributed by atoms with van der Waals surface area (Å²) in [5.41, 5.74) is 4.02. The van der Waals surface area contributed by atoms with E-state index in [2.05, 4.69) is 11.4 Å². The van der Waals surface area contributed by atoms with Crippen LogP contribution in [0.1, 0.15) is 23.1 Å². The van der Waals surface area contributed by atoms with Crippen molar-refractivity contribution in [2.75, 3.05) is 13.2 Å². The molecule has 0 spiro atoms. The van der Waals surface area contributed by atoms with Gasteiger partial charge in [-0.1, -0.05) is 12.1 Å². The van der Waals surface area contributed by atoms with Crippen molar-refractivity contribution < 1.29 is 33.0 Å². The Morgan fingerprint density at radius 2 is 1.84 bits per heavy atom. The lowest BCUT2D eigenvalue weighted by atomic mass is 10.0. The number of furan rings is 1. The van der Waals surface area contributed by atoms with Crippen molar-refractivity contribution in [1.82, 2.24) is 5.32 Å². The third kappa shape index (κ3) is 4.03. The molecule has 3 aromatic rings. The summed E-state index contributed by atoms with van der Waals surface area (Å²) < 4.78 is 21.7. The first-order valence-electron chi connectivity index (χ1n) is 10.5. The predicted octanol–water partition coefficient (Wildman–Crippen LogP) is 2.49. The van der Waals surface area contributed by atoms with Crippen molar-refractivity contribution in [3.05, 3.63) is 59.4 Å². The molecule has 5 rings (SSSR count). The van der Waals surface area contributed by atoms with Crippen LogP contribution < -0.4 is 14.8 Å². The zero-order chi connectivity index (χ0) is 22.1. The van der Waals surface area contributed by atoms with Gasteiger partial charge in [0.2, 0.25) is 6.10 Å². The molecule has 0 saturated heterocycles. The molecule has 0 radical (unpaired) electrons. The molecule has 2 aliphatic rings. The second-order valence-corrected chi connectivity index (χ2v) is 7.85. The van der Waals surface area contributed by atoms with Gasteiger partial charge in [0, 0.05) is 10.9 Å².